The van der Waals surface area contributed by atoms with Gasteiger partial charge in [0.05, 0.1) is 25.9 Å². The van der Waals surface area contributed by atoms with Gasteiger partial charge in [0, 0.05) is 24.7 Å². The molecule has 0 aromatic rings. The zero-order valence-corrected chi connectivity index (χ0v) is 15.7. The van der Waals surface area contributed by atoms with Gasteiger partial charge >= 0.3 is 0 Å². The summed E-state index contributed by atoms with van der Waals surface area (Å²) in [5, 5.41) is 0. The molecular weight excluding hydrogens is 328 g/mol. The van der Waals surface area contributed by atoms with Crippen molar-refractivity contribution >= 4 is 0 Å². The van der Waals surface area contributed by atoms with Gasteiger partial charge in [-0.15, -0.1) is 0 Å². The molecule has 26 heavy (non-hydrogen) atoms. The van der Waals surface area contributed by atoms with Crippen molar-refractivity contribution in [1.29, 1.82) is 0 Å². The molecule has 0 N–H and O–H groups in total. The van der Waals surface area contributed by atoms with Crippen LogP contribution in [0.1, 0.15) is 57.8 Å². The minimum atomic E-state index is -0.222. The number of hydrogen-bond donors (Lipinski definition) is 0. The largest absolute Gasteiger partial charge is 0.350 e. The van der Waals surface area contributed by atoms with Crippen molar-refractivity contribution in [1.82, 2.24) is 0 Å². The van der Waals surface area contributed by atoms with Crippen molar-refractivity contribution in [3.05, 3.63) is 0 Å². The van der Waals surface area contributed by atoms with Gasteiger partial charge in [-0.05, 0) is 74.5 Å². The molecule has 0 radical (unpaired) electrons. The summed E-state index contributed by atoms with van der Waals surface area (Å²) >= 11 is 0. The molecule has 5 aliphatic carbocycles. The maximum Gasteiger partial charge on any atom is 0.171 e. The Labute approximate surface area is 156 Å². The van der Waals surface area contributed by atoms with Crippen LogP contribution in [0.3, 0.4) is 0 Å². The molecule has 4 heteroatoms. The highest BCUT2D eigenvalue weighted by molar-refractivity contribution is 5.21. The maximum absolute atomic E-state index is 6.87. The third-order valence-corrected chi connectivity index (χ3v) is 9.39. The first-order valence-electron chi connectivity index (χ1n) is 11.4. The molecule has 4 nitrogen and oxygen atoms in total. The molecule has 144 valence electrons. The van der Waals surface area contributed by atoms with Gasteiger partial charge in [-0.3, -0.25) is 0 Å². The maximum atomic E-state index is 6.87. The average molecular weight is 360 g/mol. The number of ether oxygens (including phenoxy) is 4. The molecule has 7 rings (SSSR count). The second-order valence-electron chi connectivity index (χ2n) is 10.4. The van der Waals surface area contributed by atoms with Crippen LogP contribution in [0, 0.1) is 41.4 Å². The molecule has 9 unspecified atom stereocenters. The summed E-state index contributed by atoms with van der Waals surface area (Å²) in [5.74, 6) is 4.99. The lowest BCUT2D eigenvalue weighted by Crippen LogP contribution is -2.51. The Hall–Kier alpha value is -0.160. The van der Waals surface area contributed by atoms with E-state index in [9.17, 15) is 0 Å². The van der Waals surface area contributed by atoms with E-state index in [-0.39, 0.29) is 11.6 Å². The van der Waals surface area contributed by atoms with E-state index in [1.54, 1.807) is 0 Å². The molecule has 2 bridgehead atoms. The Morgan fingerprint density at radius 1 is 0.692 bits per heavy atom. The quantitative estimate of drug-likeness (QED) is 0.714. The first kappa shape index (κ1) is 15.7. The van der Waals surface area contributed by atoms with Crippen molar-refractivity contribution in [2.45, 2.75) is 75.5 Å². The molecule has 0 aromatic heterocycles. The second kappa shape index (κ2) is 5.25. The van der Waals surface area contributed by atoms with Crippen molar-refractivity contribution in [3.8, 4) is 0 Å². The van der Waals surface area contributed by atoms with E-state index >= 15 is 0 Å². The van der Waals surface area contributed by atoms with Crippen molar-refractivity contribution in [2.75, 3.05) is 19.8 Å². The van der Waals surface area contributed by atoms with Crippen LogP contribution in [0.15, 0.2) is 0 Å². The monoisotopic (exact) mass is 360 g/mol. The predicted molar refractivity (Wildman–Crippen MR) is 94.2 cm³/mol. The van der Waals surface area contributed by atoms with Gasteiger partial charge in [0.15, 0.2) is 11.6 Å². The molecular formula is C22H32O4. The van der Waals surface area contributed by atoms with Gasteiger partial charge in [-0.1, -0.05) is 0 Å². The molecule has 2 aliphatic heterocycles. The van der Waals surface area contributed by atoms with Gasteiger partial charge in [0.2, 0.25) is 0 Å². The van der Waals surface area contributed by atoms with E-state index in [0.29, 0.717) is 17.9 Å². The fourth-order valence-corrected chi connectivity index (χ4v) is 8.46. The lowest BCUT2D eigenvalue weighted by atomic mass is 9.84. The Balaban J connectivity index is 1.12. The zero-order valence-electron chi connectivity index (χ0n) is 15.7. The summed E-state index contributed by atoms with van der Waals surface area (Å²) in [4.78, 5) is 0. The second-order valence-corrected chi connectivity index (χ2v) is 10.4. The van der Waals surface area contributed by atoms with E-state index in [0.717, 1.165) is 81.5 Å². The van der Waals surface area contributed by atoms with Crippen LogP contribution < -0.4 is 0 Å². The predicted octanol–water partition coefficient (Wildman–Crippen LogP) is 3.73. The molecule has 0 aromatic carbocycles. The van der Waals surface area contributed by atoms with E-state index in [2.05, 4.69) is 0 Å². The van der Waals surface area contributed by atoms with Crippen molar-refractivity contribution < 1.29 is 18.9 Å². The Kier molecular flexibility index (Phi) is 3.18. The van der Waals surface area contributed by atoms with E-state index in [4.69, 9.17) is 18.9 Å². The number of rotatable bonds is 1. The Morgan fingerprint density at radius 3 is 2.27 bits per heavy atom. The molecule has 2 saturated heterocycles. The minimum absolute atomic E-state index is 0.205. The van der Waals surface area contributed by atoms with Crippen LogP contribution in [-0.2, 0) is 18.9 Å². The average Bonchev–Trinajstić information content (AvgIpc) is 2.85. The van der Waals surface area contributed by atoms with Crippen molar-refractivity contribution in [2.24, 2.45) is 41.4 Å². The molecule has 7 aliphatic rings. The lowest BCUT2D eigenvalue weighted by molar-refractivity contribution is -0.324. The van der Waals surface area contributed by atoms with Crippen LogP contribution >= 0.6 is 0 Å². The normalized spacial score (nSPS) is 59.1. The van der Waals surface area contributed by atoms with Crippen LogP contribution in [0.25, 0.3) is 0 Å². The fraction of sp³-hybridized carbons (Fsp3) is 1.00. The summed E-state index contributed by atoms with van der Waals surface area (Å²) in [6.45, 7) is 2.70. The topological polar surface area (TPSA) is 36.9 Å². The van der Waals surface area contributed by atoms with Crippen LogP contribution in [0.5, 0.6) is 0 Å². The first-order chi connectivity index (χ1) is 12.8. The van der Waals surface area contributed by atoms with E-state index in [1.165, 1.54) is 25.7 Å². The van der Waals surface area contributed by atoms with Gasteiger partial charge < -0.3 is 18.9 Å². The third kappa shape index (κ3) is 1.95. The van der Waals surface area contributed by atoms with Gasteiger partial charge in [0.1, 0.15) is 0 Å². The molecule has 0 amide bonds. The van der Waals surface area contributed by atoms with E-state index < -0.39 is 0 Å². The van der Waals surface area contributed by atoms with Crippen LogP contribution in [-0.4, -0.2) is 37.5 Å². The van der Waals surface area contributed by atoms with Gasteiger partial charge in [0.25, 0.3) is 0 Å². The third-order valence-electron chi connectivity index (χ3n) is 9.39. The molecule has 9 atom stereocenters. The molecule has 7 fully saturated rings. The zero-order chi connectivity index (χ0) is 16.9. The minimum Gasteiger partial charge on any atom is -0.350 e. The summed E-state index contributed by atoms with van der Waals surface area (Å²) in [7, 11) is 0. The highest BCUT2D eigenvalue weighted by atomic mass is 16.7. The number of fused-ring (bicyclic) bond motifs is 5. The lowest BCUT2D eigenvalue weighted by Gasteiger charge is -2.46. The van der Waals surface area contributed by atoms with Gasteiger partial charge in [-0.25, -0.2) is 0 Å². The van der Waals surface area contributed by atoms with Crippen molar-refractivity contribution in [3.63, 3.8) is 0 Å². The standard InChI is InChI=1S/C22H32O4/c1-2-7-24-22(23-6-1)12-17-15(10-16-19(17)20(16)22)18-5-8-25-21(26-18)11-13-3-4-14(21)9-13/h13-20H,1-12H2. The summed E-state index contributed by atoms with van der Waals surface area (Å²) in [6.07, 6.45) is 11.5. The summed E-state index contributed by atoms with van der Waals surface area (Å²) < 4.78 is 25.9. The smallest absolute Gasteiger partial charge is 0.171 e. The van der Waals surface area contributed by atoms with Crippen LogP contribution in [0.4, 0.5) is 0 Å². The van der Waals surface area contributed by atoms with Crippen LogP contribution in [0.2, 0.25) is 0 Å². The van der Waals surface area contributed by atoms with E-state index in [1.807, 2.05) is 0 Å². The SMILES string of the molecule is C1CCOC2(CC3C(C4CCOC5(CC6CCC5C6)O4)CC4C3C42)OC1. The molecule has 2 spiro atoms. The highest BCUT2D eigenvalue weighted by Crippen LogP contribution is 2.75. The molecule has 2 heterocycles. The molecule has 5 saturated carbocycles. The van der Waals surface area contributed by atoms with Gasteiger partial charge in [-0.2, -0.15) is 0 Å². The first-order valence-corrected chi connectivity index (χ1v) is 11.4. The highest BCUT2D eigenvalue weighted by Gasteiger charge is 2.76. The number of hydrogen-bond acceptors (Lipinski definition) is 4. The summed E-state index contributed by atoms with van der Waals surface area (Å²) in [6, 6.07) is 0. The fourth-order valence-electron chi connectivity index (χ4n) is 8.46. The Morgan fingerprint density at radius 2 is 1.54 bits per heavy atom. The Bertz CT molecular complexity index is 599. The summed E-state index contributed by atoms with van der Waals surface area (Å²) in [5.41, 5.74) is 0.